The summed E-state index contributed by atoms with van der Waals surface area (Å²) < 4.78 is 0. The van der Waals surface area contributed by atoms with Crippen LogP contribution in [-0.4, -0.2) is 17.5 Å². The van der Waals surface area contributed by atoms with Crippen molar-refractivity contribution in [2.45, 2.75) is 45.4 Å². The molecule has 7 heteroatoms. The van der Waals surface area contributed by atoms with Gasteiger partial charge in [0.15, 0.2) is 0 Å². The molecule has 2 amide bonds. The highest BCUT2D eigenvalue weighted by Crippen LogP contribution is 2.25. The van der Waals surface area contributed by atoms with Crippen molar-refractivity contribution >= 4 is 46.4 Å². The maximum atomic E-state index is 12.1. The topological polar surface area (TPSA) is 70.6 Å². The lowest BCUT2D eigenvalue weighted by atomic mass is 10.0. The third-order valence-electron chi connectivity index (χ3n) is 4.22. The van der Waals surface area contributed by atoms with Crippen molar-refractivity contribution in [2.24, 2.45) is 5.10 Å². The van der Waals surface area contributed by atoms with Gasteiger partial charge >= 0.3 is 0 Å². The first-order valence-corrected chi connectivity index (χ1v) is 10.4. The predicted molar refractivity (Wildman–Crippen MR) is 120 cm³/mol. The van der Waals surface area contributed by atoms with Crippen LogP contribution in [0.5, 0.6) is 0 Å². The molecule has 2 N–H and O–H groups in total. The minimum atomic E-state index is -0.314. The molecule has 5 nitrogen and oxygen atoms in total. The molecule has 29 heavy (non-hydrogen) atoms. The van der Waals surface area contributed by atoms with Gasteiger partial charge in [0.1, 0.15) is 0 Å². The molecule has 0 aliphatic rings. The molecule has 2 aromatic carbocycles. The summed E-state index contributed by atoms with van der Waals surface area (Å²) in [5.41, 5.74) is 4.85. The number of carbonyl (C=O) groups excluding carboxylic acids is 2. The third-order valence-corrected chi connectivity index (χ3v) is 4.77. The van der Waals surface area contributed by atoms with Crippen molar-refractivity contribution in [1.29, 1.82) is 0 Å². The number of unbranched alkanes of at least 4 members (excludes halogenated alkanes) is 2. The van der Waals surface area contributed by atoms with Gasteiger partial charge in [0.05, 0.1) is 16.4 Å². The molecule has 0 aliphatic heterocycles. The number of anilines is 1. The van der Waals surface area contributed by atoms with Crippen LogP contribution >= 0.6 is 23.2 Å². The standard InChI is InChI=1S/C22H25Cl2N3O2/c1-2-3-5-10-19(16-8-6-4-7-9-16)26-27-22(29)14-13-21(28)25-20-12-11-17(23)15-18(20)24/h4,6-9,11-12,15H,2-3,5,10,13-14H2,1H3,(H,25,28)(H,27,29). The molecule has 2 rings (SSSR count). The highest BCUT2D eigenvalue weighted by Gasteiger charge is 2.10. The van der Waals surface area contributed by atoms with Crippen LogP contribution in [0.25, 0.3) is 0 Å². The number of hydrogen-bond acceptors (Lipinski definition) is 3. The second-order valence-corrected chi connectivity index (χ2v) is 7.43. The maximum absolute atomic E-state index is 12.1. The van der Waals surface area contributed by atoms with Crippen LogP contribution in [0, 0.1) is 0 Å². The summed E-state index contributed by atoms with van der Waals surface area (Å²) in [7, 11) is 0. The Morgan fingerprint density at radius 2 is 1.66 bits per heavy atom. The Bertz CT molecular complexity index is 854. The summed E-state index contributed by atoms with van der Waals surface area (Å²) in [5, 5.41) is 7.80. The number of hydrazone groups is 1. The zero-order valence-electron chi connectivity index (χ0n) is 16.4. The van der Waals surface area contributed by atoms with Gasteiger partial charge in [-0.25, -0.2) is 5.43 Å². The van der Waals surface area contributed by atoms with Crippen molar-refractivity contribution in [1.82, 2.24) is 5.43 Å². The molecule has 0 spiro atoms. The summed E-state index contributed by atoms with van der Waals surface area (Å²) in [6.45, 7) is 2.14. The SMILES string of the molecule is CCCCCC(=NNC(=O)CCC(=O)Nc1ccc(Cl)cc1Cl)c1ccccc1. The zero-order valence-corrected chi connectivity index (χ0v) is 17.9. The molecule has 0 radical (unpaired) electrons. The predicted octanol–water partition coefficient (Wildman–Crippen LogP) is 5.81. The monoisotopic (exact) mass is 433 g/mol. The number of nitrogens with zero attached hydrogens (tertiary/aromatic N) is 1. The number of halogens is 2. The van der Waals surface area contributed by atoms with Gasteiger partial charge in [0.25, 0.3) is 0 Å². The van der Waals surface area contributed by atoms with Gasteiger partial charge in [-0.1, -0.05) is 73.3 Å². The minimum Gasteiger partial charge on any atom is -0.325 e. The Labute approximate surface area is 181 Å². The van der Waals surface area contributed by atoms with E-state index in [1.165, 1.54) is 0 Å². The molecule has 0 bridgehead atoms. The van der Waals surface area contributed by atoms with Crippen molar-refractivity contribution < 1.29 is 9.59 Å². The van der Waals surface area contributed by atoms with Gasteiger partial charge in [-0.3, -0.25) is 9.59 Å². The van der Waals surface area contributed by atoms with Crippen LogP contribution in [0.1, 0.15) is 51.0 Å². The Kier molecular flexibility index (Phi) is 9.68. The van der Waals surface area contributed by atoms with Crippen molar-refractivity contribution in [2.75, 3.05) is 5.32 Å². The number of hydrogen-bond donors (Lipinski definition) is 2. The van der Waals surface area contributed by atoms with E-state index in [2.05, 4.69) is 22.8 Å². The van der Waals surface area contributed by atoms with Gasteiger partial charge in [-0.2, -0.15) is 5.10 Å². The average molecular weight is 434 g/mol. The quantitative estimate of drug-likeness (QED) is 0.281. The molecular formula is C22H25Cl2N3O2. The van der Waals surface area contributed by atoms with E-state index in [0.717, 1.165) is 37.0 Å². The maximum Gasteiger partial charge on any atom is 0.240 e. The lowest BCUT2D eigenvalue weighted by Gasteiger charge is -2.08. The van der Waals surface area contributed by atoms with Crippen molar-refractivity contribution in [3.8, 4) is 0 Å². The molecule has 0 saturated heterocycles. The molecule has 2 aromatic rings. The lowest BCUT2D eigenvalue weighted by molar-refractivity contribution is -0.124. The fraction of sp³-hybridized carbons (Fsp3) is 0.318. The van der Waals surface area contributed by atoms with Crippen molar-refractivity contribution in [3.05, 3.63) is 64.1 Å². The molecule has 0 atom stereocenters. The van der Waals surface area contributed by atoms with E-state index >= 15 is 0 Å². The van der Waals surface area contributed by atoms with Crippen LogP contribution in [-0.2, 0) is 9.59 Å². The first-order chi connectivity index (χ1) is 14.0. The molecule has 0 fully saturated rings. The second kappa shape index (κ2) is 12.2. The Morgan fingerprint density at radius 1 is 0.931 bits per heavy atom. The van der Waals surface area contributed by atoms with E-state index in [1.807, 2.05) is 30.3 Å². The van der Waals surface area contributed by atoms with E-state index < -0.39 is 0 Å². The van der Waals surface area contributed by atoms with Crippen LogP contribution in [0.3, 0.4) is 0 Å². The summed E-state index contributed by atoms with van der Waals surface area (Å²) in [6.07, 6.45) is 4.06. The van der Waals surface area contributed by atoms with E-state index in [-0.39, 0.29) is 24.7 Å². The molecular weight excluding hydrogens is 409 g/mol. The normalized spacial score (nSPS) is 11.2. The number of nitrogens with one attached hydrogen (secondary N) is 2. The molecule has 0 heterocycles. The first-order valence-electron chi connectivity index (χ1n) is 9.65. The molecule has 0 unspecified atom stereocenters. The smallest absolute Gasteiger partial charge is 0.240 e. The molecule has 0 saturated carbocycles. The first kappa shape index (κ1) is 22.9. The fourth-order valence-corrected chi connectivity index (χ4v) is 3.11. The number of rotatable bonds is 10. The highest BCUT2D eigenvalue weighted by molar-refractivity contribution is 6.36. The zero-order chi connectivity index (χ0) is 21.1. The number of carbonyl (C=O) groups is 2. The third kappa shape index (κ3) is 8.26. The average Bonchev–Trinajstić information content (AvgIpc) is 2.72. The summed E-state index contributed by atoms with van der Waals surface area (Å²) in [5.74, 6) is -0.620. The Balaban J connectivity index is 1.87. The molecule has 154 valence electrons. The highest BCUT2D eigenvalue weighted by atomic mass is 35.5. The lowest BCUT2D eigenvalue weighted by Crippen LogP contribution is -2.22. The van der Waals surface area contributed by atoms with E-state index in [9.17, 15) is 9.59 Å². The van der Waals surface area contributed by atoms with Crippen LogP contribution in [0.4, 0.5) is 5.69 Å². The van der Waals surface area contributed by atoms with E-state index in [4.69, 9.17) is 23.2 Å². The van der Waals surface area contributed by atoms with Gasteiger partial charge < -0.3 is 5.32 Å². The Hall–Kier alpha value is -2.37. The summed E-state index contributed by atoms with van der Waals surface area (Å²) in [4.78, 5) is 24.2. The van der Waals surface area contributed by atoms with Crippen LogP contribution < -0.4 is 10.7 Å². The van der Waals surface area contributed by atoms with Crippen LogP contribution in [0.15, 0.2) is 53.6 Å². The van der Waals surface area contributed by atoms with E-state index in [1.54, 1.807) is 18.2 Å². The fourth-order valence-electron chi connectivity index (χ4n) is 2.65. The van der Waals surface area contributed by atoms with Gasteiger partial charge in [0, 0.05) is 17.9 Å². The minimum absolute atomic E-state index is 0.0246. The number of benzene rings is 2. The van der Waals surface area contributed by atoms with Gasteiger partial charge in [-0.15, -0.1) is 0 Å². The number of amides is 2. The van der Waals surface area contributed by atoms with Crippen molar-refractivity contribution in [3.63, 3.8) is 0 Å². The van der Waals surface area contributed by atoms with E-state index in [0.29, 0.717) is 15.7 Å². The van der Waals surface area contributed by atoms with Gasteiger partial charge in [-0.05, 0) is 36.6 Å². The second-order valence-electron chi connectivity index (χ2n) is 6.59. The molecule has 0 aliphatic carbocycles. The largest absolute Gasteiger partial charge is 0.325 e. The summed E-state index contributed by atoms with van der Waals surface area (Å²) >= 11 is 11.9. The van der Waals surface area contributed by atoms with Crippen LogP contribution in [0.2, 0.25) is 10.0 Å². The van der Waals surface area contributed by atoms with Gasteiger partial charge in [0.2, 0.25) is 11.8 Å². The Morgan fingerprint density at radius 3 is 2.34 bits per heavy atom. The summed E-state index contributed by atoms with van der Waals surface area (Å²) in [6, 6.07) is 14.6. The molecule has 0 aromatic heterocycles.